The minimum absolute atomic E-state index is 0.774. The Morgan fingerprint density at radius 3 is 2.81 bits per heavy atom. The molecule has 2 aromatic rings. The number of fused-ring (bicyclic) bond motifs is 3. The van der Waals surface area contributed by atoms with Gasteiger partial charge in [-0.1, -0.05) is 36.4 Å². The fourth-order valence-electron chi connectivity index (χ4n) is 2.03. The van der Waals surface area contributed by atoms with E-state index in [0.717, 1.165) is 27.7 Å². The molecule has 80 valence electrons. The summed E-state index contributed by atoms with van der Waals surface area (Å²) in [5.74, 6) is 0.774. The predicted octanol–water partition coefficient (Wildman–Crippen LogP) is 2.95. The third-order valence-corrected chi connectivity index (χ3v) is 2.91. The Labute approximate surface area is 93.8 Å². The Bertz CT molecular complexity index is 584. The van der Waals surface area contributed by atoms with Gasteiger partial charge in [-0.2, -0.15) is 0 Å². The smallest absolute Gasteiger partial charge is 0.220 e. The van der Waals surface area contributed by atoms with E-state index in [1.807, 2.05) is 43.3 Å². The van der Waals surface area contributed by atoms with Crippen molar-refractivity contribution in [2.24, 2.45) is 0 Å². The zero-order valence-electron chi connectivity index (χ0n) is 8.97. The molecule has 16 heavy (non-hydrogen) atoms. The van der Waals surface area contributed by atoms with Crippen LogP contribution in [0.5, 0.6) is 5.75 Å². The Balaban J connectivity index is 2.32. The molecule has 0 radical (unpaired) electrons. The summed E-state index contributed by atoms with van der Waals surface area (Å²) >= 11 is 0. The van der Waals surface area contributed by atoms with Crippen molar-refractivity contribution in [1.29, 1.82) is 0 Å². The van der Waals surface area contributed by atoms with Crippen LogP contribution >= 0.6 is 0 Å². The molecule has 1 N–H and O–H groups in total. The molecule has 2 nitrogen and oxygen atoms in total. The lowest BCUT2D eigenvalue weighted by molar-refractivity contribution is 0.0142. The average Bonchev–Trinajstić information content (AvgIpc) is 2.31. The molecule has 0 aliphatic carbocycles. The monoisotopic (exact) mass is 212 g/mol. The van der Waals surface area contributed by atoms with Crippen molar-refractivity contribution in [3.8, 4) is 5.75 Å². The molecule has 3 rings (SSSR count). The zero-order valence-corrected chi connectivity index (χ0v) is 8.97. The maximum absolute atomic E-state index is 9.69. The molecule has 0 fully saturated rings. The van der Waals surface area contributed by atoms with Crippen LogP contribution in [0.4, 0.5) is 0 Å². The first-order chi connectivity index (χ1) is 7.75. The molecule has 0 saturated heterocycles. The third kappa shape index (κ3) is 1.31. The van der Waals surface area contributed by atoms with Crippen molar-refractivity contribution in [2.75, 3.05) is 0 Å². The lowest BCUT2D eigenvalue weighted by Crippen LogP contribution is -2.20. The third-order valence-electron chi connectivity index (χ3n) is 2.91. The van der Waals surface area contributed by atoms with Crippen LogP contribution in [0.3, 0.4) is 0 Å². The zero-order chi connectivity index (χ0) is 11.1. The number of hydrogen-bond acceptors (Lipinski definition) is 2. The van der Waals surface area contributed by atoms with Gasteiger partial charge in [-0.05, 0) is 24.0 Å². The minimum atomic E-state index is -0.821. The lowest BCUT2D eigenvalue weighted by atomic mass is 10.0. The van der Waals surface area contributed by atoms with Gasteiger partial charge in [-0.15, -0.1) is 0 Å². The lowest BCUT2D eigenvalue weighted by Gasteiger charge is -2.22. The van der Waals surface area contributed by atoms with Crippen LogP contribution in [0.1, 0.15) is 12.5 Å². The van der Waals surface area contributed by atoms with E-state index in [1.54, 1.807) is 0 Å². The summed E-state index contributed by atoms with van der Waals surface area (Å²) in [4.78, 5) is 0. The van der Waals surface area contributed by atoms with Crippen molar-refractivity contribution >= 4 is 16.8 Å². The molecule has 0 amide bonds. The Kier molecular flexibility index (Phi) is 1.98. The fraction of sp³-hybridized carbons (Fsp3) is 0.143. The highest BCUT2D eigenvalue weighted by atomic mass is 16.6. The summed E-state index contributed by atoms with van der Waals surface area (Å²) in [6, 6.07) is 12.1. The van der Waals surface area contributed by atoms with E-state index in [1.165, 1.54) is 0 Å². The fourth-order valence-corrected chi connectivity index (χ4v) is 2.03. The molecule has 1 aliphatic rings. The van der Waals surface area contributed by atoms with E-state index in [2.05, 4.69) is 6.07 Å². The van der Waals surface area contributed by atoms with Gasteiger partial charge >= 0.3 is 0 Å². The van der Waals surface area contributed by atoms with Gasteiger partial charge in [-0.25, -0.2) is 0 Å². The second-order valence-electron chi connectivity index (χ2n) is 4.06. The minimum Gasteiger partial charge on any atom is -0.460 e. The summed E-state index contributed by atoms with van der Waals surface area (Å²) in [6.45, 7) is 1.86. The van der Waals surface area contributed by atoms with Crippen LogP contribution < -0.4 is 4.74 Å². The van der Waals surface area contributed by atoms with Gasteiger partial charge in [0.2, 0.25) is 6.29 Å². The maximum atomic E-state index is 9.69. The number of benzene rings is 2. The summed E-state index contributed by atoms with van der Waals surface area (Å²) < 4.78 is 5.54. The standard InChI is InChI=1S/C14H12O2/c1-9-8-11-7-6-10-4-2-3-5-12(10)13(11)16-14(9)15/h2-8,14-15H,1H3. The highest BCUT2D eigenvalue weighted by molar-refractivity contribution is 5.92. The summed E-state index contributed by atoms with van der Waals surface area (Å²) in [6.07, 6.45) is 1.15. The highest BCUT2D eigenvalue weighted by Crippen LogP contribution is 2.35. The van der Waals surface area contributed by atoms with E-state index in [9.17, 15) is 5.11 Å². The van der Waals surface area contributed by atoms with E-state index in [0.29, 0.717) is 0 Å². The molecule has 1 aliphatic heterocycles. The number of ether oxygens (including phenoxy) is 1. The van der Waals surface area contributed by atoms with Crippen LogP contribution in [0.25, 0.3) is 16.8 Å². The molecule has 0 bridgehead atoms. The summed E-state index contributed by atoms with van der Waals surface area (Å²) in [5.41, 5.74) is 1.87. The van der Waals surface area contributed by atoms with E-state index in [-0.39, 0.29) is 0 Å². The van der Waals surface area contributed by atoms with Gasteiger partial charge in [0, 0.05) is 10.9 Å². The van der Waals surface area contributed by atoms with Crippen molar-refractivity contribution in [3.05, 3.63) is 47.5 Å². The quantitative estimate of drug-likeness (QED) is 0.727. The predicted molar refractivity (Wildman–Crippen MR) is 64.2 cm³/mol. The number of hydrogen-bond donors (Lipinski definition) is 1. The molecular formula is C14H12O2. The van der Waals surface area contributed by atoms with Gasteiger partial charge < -0.3 is 9.84 Å². The first-order valence-electron chi connectivity index (χ1n) is 5.30. The molecule has 1 atom stereocenters. The van der Waals surface area contributed by atoms with E-state index < -0.39 is 6.29 Å². The first-order valence-corrected chi connectivity index (χ1v) is 5.30. The van der Waals surface area contributed by atoms with E-state index in [4.69, 9.17) is 4.74 Å². The summed E-state index contributed by atoms with van der Waals surface area (Å²) in [5, 5.41) is 11.9. The van der Waals surface area contributed by atoms with Gasteiger partial charge in [-0.3, -0.25) is 0 Å². The molecule has 0 aromatic heterocycles. The maximum Gasteiger partial charge on any atom is 0.220 e. The second kappa shape index (κ2) is 3.35. The van der Waals surface area contributed by atoms with Crippen LogP contribution in [0, 0.1) is 0 Å². The number of rotatable bonds is 0. The first kappa shape index (κ1) is 9.43. The normalized spacial score (nSPS) is 18.9. The second-order valence-corrected chi connectivity index (χ2v) is 4.06. The van der Waals surface area contributed by atoms with Crippen LogP contribution in [-0.2, 0) is 0 Å². The van der Waals surface area contributed by atoms with Gasteiger partial charge in [0.15, 0.2) is 0 Å². The number of aliphatic hydroxyl groups excluding tert-OH is 1. The van der Waals surface area contributed by atoms with Gasteiger partial charge in [0.1, 0.15) is 5.75 Å². The molecule has 1 unspecified atom stereocenters. The highest BCUT2D eigenvalue weighted by Gasteiger charge is 2.18. The van der Waals surface area contributed by atoms with Crippen molar-refractivity contribution < 1.29 is 9.84 Å². The topological polar surface area (TPSA) is 29.5 Å². The van der Waals surface area contributed by atoms with Gasteiger partial charge in [0.05, 0.1) is 0 Å². The molecule has 2 aromatic carbocycles. The Morgan fingerprint density at radius 1 is 1.12 bits per heavy atom. The largest absolute Gasteiger partial charge is 0.460 e. The van der Waals surface area contributed by atoms with Crippen LogP contribution in [0.2, 0.25) is 0 Å². The van der Waals surface area contributed by atoms with Crippen LogP contribution in [0.15, 0.2) is 42.0 Å². The van der Waals surface area contributed by atoms with Crippen molar-refractivity contribution in [2.45, 2.75) is 13.2 Å². The van der Waals surface area contributed by atoms with Crippen molar-refractivity contribution in [1.82, 2.24) is 0 Å². The molecular weight excluding hydrogens is 200 g/mol. The van der Waals surface area contributed by atoms with Crippen LogP contribution in [-0.4, -0.2) is 11.4 Å². The molecule has 1 heterocycles. The van der Waals surface area contributed by atoms with Crippen molar-refractivity contribution in [3.63, 3.8) is 0 Å². The SMILES string of the molecule is CC1=Cc2ccc3ccccc3c2OC1O. The summed E-state index contributed by atoms with van der Waals surface area (Å²) in [7, 11) is 0. The molecule has 0 spiro atoms. The number of aliphatic hydroxyl groups is 1. The molecule has 2 heteroatoms. The van der Waals surface area contributed by atoms with E-state index >= 15 is 0 Å². The molecule has 0 saturated carbocycles. The Morgan fingerprint density at radius 2 is 1.94 bits per heavy atom. The van der Waals surface area contributed by atoms with Gasteiger partial charge in [0.25, 0.3) is 0 Å². The Hall–Kier alpha value is -1.80. The average molecular weight is 212 g/mol.